The Hall–Kier alpha value is -1.57. The van der Waals surface area contributed by atoms with Crippen molar-refractivity contribution >= 4 is 5.97 Å². The van der Waals surface area contributed by atoms with Crippen molar-refractivity contribution in [2.24, 2.45) is 5.41 Å². The van der Waals surface area contributed by atoms with E-state index < -0.39 is 0 Å². The van der Waals surface area contributed by atoms with Crippen LogP contribution in [0.15, 0.2) is 47.3 Å². The molecular weight excluding hydrogens is 188 g/mol. The highest BCUT2D eigenvalue weighted by molar-refractivity contribution is 5.69. The third-order valence-electron chi connectivity index (χ3n) is 3.31. The Morgan fingerprint density at radius 1 is 1.47 bits per heavy atom. The predicted octanol–water partition coefficient (Wildman–Crippen LogP) is 2.65. The van der Waals surface area contributed by atoms with Gasteiger partial charge in [0.2, 0.25) is 0 Å². The first kappa shape index (κ1) is 8.72. The van der Waals surface area contributed by atoms with Crippen molar-refractivity contribution in [3.63, 3.8) is 0 Å². The Bertz CT molecular complexity index is 463. The van der Waals surface area contributed by atoms with Crippen molar-refractivity contribution in [3.8, 4) is 0 Å². The fourth-order valence-electron chi connectivity index (χ4n) is 2.60. The largest absolute Gasteiger partial charge is 0.426 e. The van der Waals surface area contributed by atoms with E-state index in [4.69, 9.17) is 4.74 Å². The Labute approximate surface area is 88.6 Å². The van der Waals surface area contributed by atoms with Crippen molar-refractivity contribution in [1.29, 1.82) is 0 Å². The van der Waals surface area contributed by atoms with Crippen LogP contribution in [0.5, 0.6) is 0 Å². The van der Waals surface area contributed by atoms with E-state index in [0.29, 0.717) is 0 Å². The predicted molar refractivity (Wildman–Crippen MR) is 56.8 cm³/mol. The summed E-state index contributed by atoms with van der Waals surface area (Å²) in [5.74, 6) is 0.479. The van der Waals surface area contributed by atoms with Crippen molar-refractivity contribution in [2.45, 2.75) is 19.8 Å². The molecule has 0 saturated carbocycles. The topological polar surface area (TPSA) is 26.3 Å². The second-order valence-corrected chi connectivity index (χ2v) is 4.36. The summed E-state index contributed by atoms with van der Waals surface area (Å²) in [6.07, 6.45) is 12.7. The first-order valence-corrected chi connectivity index (χ1v) is 5.19. The van der Waals surface area contributed by atoms with Crippen LogP contribution in [0, 0.1) is 5.41 Å². The van der Waals surface area contributed by atoms with Crippen molar-refractivity contribution < 1.29 is 9.53 Å². The number of esters is 1. The highest BCUT2D eigenvalue weighted by atomic mass is 16.5. The molecule has 1 atom stereocenters. The van der Waals surface area contributed by atoms with Gasteiger partial charge in [0.05, 0.1) is 0 Å². The molecular formula is C13H12O2. The minimum Gasteiger partial charge on any atom is -0.426 e. The highest BCUT2D eigenvalue weighted by Crippen LogP contribution is 2.53. The van der Waals surface area contributed by atoms with Crippen LogP contribution < -0.4 is 0 Å². The van der Waals surface area contributed by atoms with Gasteiger partial charge in [-0.15, -0.1) is 0 Å². The van der Waals surface area contributed by atoms with E-state index in [9.17, 15) is 4.79 Å². The maximum Gasteiger partial charge on any atom is 0.308 e. The fourth-order valence-corrected chi connectivity index (χ4v) is 2.60. The molecule has 1 spiro atoms. The lowest BCUT2D eigenvalue weighted by Gasteiger charge is -2.25. The second kappa shape index (κ2) is 2.72. The van der Waals surface area contributed by atoms with E-state index >= 15 is 0 Å². The molecule has 0 N–H and O–H groups in total. The maximum atomic E-state index is 10.9. The third-order valence-corrected chi connectivity index (χ3v) is 3.31. The lowest BCUT2D eigenvalue weighted by Crippen LogP contribution is -2.15. The zero-order valence-electron chi connectivity index (χ0n) is 8.62. The molecule has 0 amide bonds. The van der Waals surface area contributed by atoms with Crippen LogP contribution in [0.25, 0.3) is 0 Å². The van der Waals surface area contributed by atoms with Crippen LogP contribution in [-0.2, 0) is 9.53 Å². The molecule has 0 fully saturated rings. The van der Waals surface area contributed by atoms with Crippen LogP contribution in [0.1, 0.15) is 19.8 Å². The number of allylic oxidation sites excluding steroid dienone is 7. The number of hydrogen-bond acceptors (Lipinski definition) is 2. The zero-order valence-corrected chi connectivity index (χ0v) is 8.62. The number of carbonyl (C=O) groups is 1. The summed E-state index contributed by atoms with van der Waals surface area (Å²) >= 11 is 0. The number of carbonyl (C=O) groups excluding carboxylic acids is 1. The average Bonchev–Trinajstić information content (AvgIpc) is 2.64. The van der Waals surface area contributed by atoms with Crippen LogP contribution in [0.3, 0.4) is 0 Å². The summed E-state index contributed by atoms with van der Waals surface area (Å²) in [6.45, 7) is 1.44. The molecule has 0 heterocycles. The monoisotopic (exact) mass is 200 g/mol. The minimum atomic E-state index is -0.246. The number of hydrogen-bond donors (Lipinski definition) is 0. The van der Waals surface area contributed by atoms with Gasteiger partial charge in [0, 0.05) is 12.3 Å². The number of rotatable bonds is 1. The van der Waals surface area contributed by atoms with E-state index in [1.54, 1.807) is 0 Å². The van der Waals surface area contributed by atoms with Crippen LogP contribution in [0.2, 0.25) is 0 Å². The second-order valence-electron chi connectivity index (χ2n) is 4.36. The SMILES string of the molecule is CC(=O)OC1=C2C=C3C=CCC3(C=C1)C2. The summed E-state index contributed by atoms with van der Waals surface area (Å²) in [5, 5.41) is 0. The lowest BCUT2D eigenvalue weighted by atomic mass is 9.79. The highest BCUT2D eigenvalue weighted by Gasteiger charge is 2.41. The molecule has 15 heavy (non-hydrogen) atoms. The molecule has 3 aliphatic rings. The van der Waals surface area contributed by atoms with Gasteiger partial charge in [-0.25, -0.2) is 0 Å². The maximum absolute atomic E-state index is 10.9. The summed E-state index contributed by atoms with van der Waals surface area (Å²) < 4.78 is 5.17. The van der Waals surface area contributed by atoms with E-state index in [2.05, 4.69) is 24.3 Å². The normalized spacial score (nSPS) is 30.6. The molecule has 0 radical (unpaired) electrons. The van der Waals surface area contributed by atoms with E-state index in [0.717, 1.165) is 24.2 Å². The first-order valence-electron chi connectivity index (χ1n) is 5.19. The van der Waals surface area contributed by atoms with Crippen molar-refractivity contribution in [2.75, 3.05) is 0 Å². The molecule has 0 aromatic rings. The lowest BCUT2D eigenvalue weighted by molar-refractivity contribution is -0.136. The molecule has 0 saturated heterocycles. The van der Waals surface area contributed by atoms with Gasteiger partial charge in [0.15, 0.2) is 0 Å². The van der Waals surface area contributed by atoms with Gasteiger partial charge in [-0.2, -0.15) is 0 Å². The molecule has 2 heteroatoms. The minimum absolute atomic E-state index is 0.193. The number of fused-ring (bicyclic) bond motifs is 1. The molecule has 0 aliphatic heterocycles. The Morgan fingerprint density at radius 3 is 3.13 bits per heavy atom. The van der Waals surface area contributed by atoms with E-state index in [1.165, 1.54) is 12.5 Å². The molecule has 1 unspecified atom stereocenters. The Balaban J connectivity index is 2.02. The molecule has 0 aromatic heterocycles. The van der Waals surface area contributed by atoms with E-state index in [1.807, 2.05) is 6.08 Å². The van der Waals surface area contributed by atoms with Crippen LogP contribution in [-0.4, -0.2) is 5.97 Å². The van der Waals surface area contributed by atoms with Gasteiger partial charge in [-0.05, 0) is 30.1 Å². The average molecular weight is 200 g/mol. The third kappa shape index (κ3) is 1.14. The molecule has 76 valence electrons. The first-order chi connectivity index (χ1) is 7.20. The Kier molecular flexibility index (Phi) is 1.58. The quantitative estimate of drug-likeness (QED) is 0.608. The van der Waals surface area contributed by atoms with Gasteiger partial charge in [0.1, 0.15) is 5.76 Å². The van der Waals surface area contributed by atoms with Gasteiger partial charge >= 0.3 is 5.97 Å². The molecule has 3 aliphatic carbocycles. The molecule has 2 nitrogen and oxygen atoms in total. The summed E-state index contributed by atoms with van der Waals surface area (Å²) in [5.41, 5.74) is 2.71. The zero-order chi connectivity index (χ0) is 10.5. The summed E-state index contributed by atoms with van der Waals surface area (Å²) in [6, 6.07) is 0. The van der Waals surface area contributed by atoms with Gasteiger partial charge in [-0.3, -0.25) is 4.79 Å². The van der Waals surface area contributed by atoms with Crippen molar-refractivity contribution in [3.05, 3.63) is 47.3 Å². The van der Waals surface area contributed by atoms with Crippen molar-refractivity contribution in [1.82, 2.24) is 0 Å². The summed E-state index contributed by atoms with van der Waals surface area (Å²) in [7, 11) is 0. The molecule has 0 aromatic carbocycles. The fraction of sp³-hybridized carbons (Fsp3) is 0.308. The number of ether oxygens (including phenoxy) is 1. The van der Waals surface area contributed by atoms with Gasteiger partial charge in [0.25, 0.3) is 0 Å². The van der Waals surface area contributed by atoms with Crippen LogP contribution >= 0.6 is 0 Å². The molecule has 2 bridgehead atoms. The van der Waals surface area contributed by atoms with Gasteiger partial charge in [-0.1, -0.05) is 24.3 Å². The molecule has 3 rings (SSSR count). The van der Waals surface area contributed by atoms with E-state index in [-0.39, 0.29) is 11.4 Å². The van der Waals surface area contributed by atoms with Crippen LogP contribution in [0.4, 0.5) is 0 Å². The standard InChI is InChI=1S/C13H12O2/c1-9(14)15-12-4-6-13-5-2-3-11(13)7-10(12)8-13/h2-4,6-7H,5,8H2,1H3. The summed E-state index contributed by atoms with van der Waals surface area (Å²) in [4.78, 5) is 10.9. The van der Waals surface area contributed by atoms with Gasteiger partial charge < -0.3 is 4.74 Å². The Morgan fingerprint density at radius 2 is 2.33 bits per heavy atom. The smallest absolute Gasteiger partial charge is 0.308 e.